The first-order chi connectivity index (χ1) is 28.1. The van der Waals surface area contributed by atoms with Crippen LogP contribution in [0, 0.1) is 5.92 Å². The number of hydrogen-bond donors (Lipinski definition) is 12. The molecule has 2 rings (SSSR count). The Balaban J connectivity index is 2.20. The van der Waals surface area contributed by atoms with E-state index in [1.54, 1.807) is 44.2 Å². The number of aliphatic hydroxyl groups excluding tert-OH is 1. The van der Waals surface area contributed by atoms with Crippen molar-refractivity contribution in [3.63, 3.8) is 0 Å². The maximum atomic E-state index is 13.7. The van der Waals surface area contributed by atoms with E-state index >= 15 is 0 Å². The number of aliphatic hydroxyl groups is 1. The van der Waals surface area contributed by atoms with Gasteiger partial charge in [0.2, 0.25) is 53.2 Å². The number of likely N-dealkylation sites (tertiary alicyclic amines) is 1. The van der Waals surface area contributed by atoms with Crippen LogP contribution in [-0.2, 0) is 59.2 Å². The van der Waals surface area contributed by atoms with E-state index in [0.717, 1.165) is 4.90 Å². The number of aliphatic carboxylic acids is 2. The van der Waals surface area contributed by atoms with E-state index in [-0.39, 0.29) is 19.4 Å². The molecule has 1 aromatic rings. The highest BCUT2D eigenvalue weighted by Crippen LogP contribution is 2.19. The quantitative estimate of drug-likeness (QED) is 0.0461. The van der Waals surface area contributed by atoms with Crippen molar-refractivity contribution in [1.82, 2.24) is 36.8 Å². The molecule has 1 aliphatic heterocycles. The zero-order chi connectivity index (χ0) is 45.3. The van der Waals surface area contributed by atoms with E-state index < -0.39 is 146 Å². The Labute approximate surface area is 343 Å². The fourth-order valence-corrected chi connectivity index (χ4v) is 5.97. The third-order valence-electron chi connectivity index (χ3n) is 9.03. The molecule has 0 aromatic heterocycles. The van der Waals surface area contributed by atoms with Crippen LogP contribution in [0.1, 0.15) is 51.5 Å². The van der Waals surface area contributed by atoms with Gasteiger partial charge in [0.25, 0.3) is 0 Å². The summed E-state index contributed by atoms with van der Waals surface area (Å²) >= 11 is 0. The third kappa shape index (κ3) is 15.9. The van der Waals surface area contributed by atoms with Gasteiger partial charge in [-0.15, -0.1) is 0 Å². The first-order valence-corrected chi connectivity index (χ1v) is 18.7. The molecule has 1 aliphatic rings. The van der Waals surface area contributed by atoms with Gasteiger partial charge in [0.1, 0.15) is 36.3 Å². The van der Waals surface area contributed by atoms with Crippen LogP contribution in [0.3, 0.4) is 0 Å². The molecule has 0 aliphatic carbocycles. The van der Waals surface area contributed by atoms with E-state index in [4.69, 9.17) is 17.2 Å². The minimum atomic E-state index is -1.73. The van der Waals surface area contributed by atoms with Gasteiger partial charge < -0.3 is 69.3 Å². The lowest BCUT2D eigenvalue weighted by molar-refractivity contribution is -0.150. The maximum absolute atomic E-state index is 13.7. The van der Waals surface area contributed by atoms with Crippen LogP contribution in [0.2, 0.25) is 0 Å². The van der Waals surface area contributed by atoms with Crippen molar-refractivity contribution in [2.75, 3.05) is 19.7 Å². The first-order valence-electron chi connectivity index (χ1n) is 18.7. The van der Waals surface area contributed by atoms with E-state index in [0.29, 0.717) is 12.0 Å². The van der Waals surface area contributed by atoms with Gasteiger partial charge >= 0.3 is 11.9 Å². The Kier molecular flexibility index (Phi) is 19.5. The molecule has 24 heteroatoms. The summed E-state index contributed by atoms with van der Waals surface area (Å²) in [5.74, 6) is -12.5. The minimum absolute atomic E-state index is 0.0167. The lowest BCUT2D eigenvalue weighted by atomic mass is 10.0. The second kappa shape index (κ2) is 23.6. The normalized spacial score (nSPS) is 16.4. The fraction of sp³-hybridized carbons (Fsp3) is 0.528. The van der Waals surface area contributed by atoms with Crippen molar-refractivity contribution < 1.29 is 68.1 Å². The third-order valence-corrected chi connectivity index (χ3v) is 9.03. The summed E-state index contributed by atoms with van der Waals surface area (Å²) in [4.78, 5) is 139. The van der Waals surface area contributed by atoms with Gasteiger partial charge in [0.15, 0.2) is 0 Å². The largest absolute Gasteiger partial charge is 0.481 e. The van der Waals surface area contributed by atoms with Crippen molar-refractivity contribution in [3.05, 3.63) is 35.9 Å². The molecule has 24 nitrogen and oxygen atoms in total. The van der Waals surface area contributed by atoms with Crippen LogP contribution in [0.15, 0.2) is 30.3 Å². The number of rotatable bonds is 24. The Bertz CT molecular complexity index is 1780. The van der Waals surface area contributed by atoms with Gasteiger partial charge in [0, 0.05) is 13.0 Å². The number of primary amides is 2. The van der Waals surface area contributed by atoms with E-state index in [1.165, 1.54) is 0 Å². The summed E-state index contributed by atoms with van der Waals surface area (Å²) in [6.45, 7) is 1.27. The van der Waals surface area contributed by atoms with Crippen molar-refractivity contribution in [3.8, 4) is 0 Å². The van der Waals surface area contributed by atoms with Gasteiger partial charge in [-0.05, 0) is 24.3 Å². The summed E-state index contributed by atoms with van der Waals surface area (Å²) in [5, 5.41) is 42.4. The summed E-state index contributed by atoms with van der Waals surface area (Å²) in [5.41, 5.74) is 16.3. The number of carbonyl (C=O) groups excluding carboxylic acids is 9. The summed E-state index contributed by atoms with van der Waals surface area (Å²) < 4.78 is 0. The molecule has 0 bridgehead atoms. The average Bonchev–Trinajstić information content (AvgIpc) is 3.67. The molecule has 1 aromatic carbocycles. The molecule has 1 saturated heterocycles. The first kappa shape index (κ1) is 49.5. The van der Waals surface area contributed by atoms with Gasteiger partial charge in [-0.3, -0.25) is 47.9 Å². The zero-order valence-electron chi connectivity index (χ0n) is 32.9. The van der Waals surface area contributed by atoms with Crippen molar-refractivity contribution >= 4 is 65.1 Å². The molecule has 330 valence electrons. The minimum Gasteiger partial charge on any atom is -0.481 e. The SMILES string of the molecule is CC(C)[C@H](NC(=O)CNC(=O)[C@H](CC(N)=O)NC(=O)[C@H](CO)NC(=O)[C@@H](N)CC(N)=O)C(=O)N[C@@H](Cc1ccccc1)C(=O)N[C@@H](CC(=O)O)C(=O)N1CCC[C@H]1C(=O)O. The number of carboxylic acid groups (broad SMARTS) is 2. The van der Waals surface area contributed by atoms with Gasteiger partial charge in [0.05, 0.1) is 38.5 Å². The van der Waals surface area contributed by atoms with Crippen LogP contribution < -0.4 is 49.1 Å². The highest BCUT2D eigenvalue weighted by atomic mass is 16.4. The monoisotopic (exact) mass is 848 g/mol. The molecule has 1 fully saturated rings. The zero-order valence-corrected chi connectivity index (χ0v) is 32.9. The second-order valence-electron chi connectivity index (χ2n) is 14.2. The van der Waals surface area contributed by atoms with Crippen LogP contribution in [0.25, 0.3) is 0 Å². The highest BCUT2D eigenvalue weighted by molar-refractivity contribution is 5.98. The molecular weight excluding hydrogens is 796 g/mol. The molecule has 15 N–H and O–H groups in total. The Morgan fingerprint density at radius 2 is 1.28 bits per heavy atom. The van der Waals surface area contributed by atoms with E-state index in [9.17, 15) is 68.1 Å². The molecule has 9 amide bonds. The van der Waals surface area contributed by atoms with Gasteiger partial charge in [-0.25, -0.2) is 4.79 Å². The predicted molar refractivity (Wildman–Crippen MR) is 205 cm³/mol. The van der Waals surface area contributed by atoms with Crippen molar-refractivity contribution in [1.29, 1.82) is 0 Å². The topological polar surface area (TPSA) is 402 Å². The standard InChI is InChI=1S/C36H52N10O14/c1-17(2)29(45-27(50)15-40-31(54)21(13-26(39)49)41-33(56)23(16-47)44-30(53)19(37)12-25(38)48)34(57)42-20(11-18-7-4-3-5-8-18)32(55)43-22(14-28(51)52)35(58)46-10-6-9-24(46)36(59)60/h3-5,7-8,17,19-24,29,47H,6,9-16,37H2,1-2H3,(H2,38,48)(H2,39,49)(H,40,54)(H,41,56)(H,42,57)(H,43,55)(H,44,53)(H,45,50)(H,51,52)(H,59,60)/t19-,20-,21-,22-,23-,24-,29-/m0/s1. The smallest absolute Gasteiger partial charge is 0.326 e. The molecule has 1 heterocycles. The number of benzene rings is 1. The second-order valence-corrected chi connectivity index (χ2v) is 14.2. The lowest BCUT2D eigenvalue weighted by Crippen LogP contribution is -2.60. The lowest BCUT2D eigenvalue weighted by Gasteiger charge is -2.29. The predicted octanol–water partition coefficient (Wildman–Crippen LogP) is -5.95. The maximum Gasteiger partial charge on any atom is 0.326 e. The Morgan fingerprint density at radius 1 is 0.717 bits per heavy atom. The van der Waals surface area contributed by atoms with E-state index in [1.807, 2.05) is 0 Å². The average molecular weight is 849 g/mol. The van der Waals surface area contributed by atoms with Crippen LogP contribution in [0.5, 0.6) is 0 Å². The summed E-state index contributed by atoms with van der Waals surface area (Å²) in [6.07, 6.45) is -1.99. The summed E-state index contributed by atoms with van der Waals surface area (Å²) in [6, 6.07) is -2.39. The van der Waals surface area contributed by atoms with Crippen LogP contribution >= 0.6 is 0 Å². The molecule has 0 saturated carbocycles. The number of nitrogens with two attached hydrogens (primary N) is 3. The van der Waals surface area contributed by atoms with Crippen molar-refractivity contribution in [2.45, 2.75) is 94.7 Å². The number of amides is 9. The van der Waals surface area contributed by atoms with Gasteiger partial charge in [-0.1, -0.05) is 44.2 Å². The highest BCUT2D eigenvalue weighted by Gasteiger charge is 2.40. The van der Waals surface area contributed by atoms with Crippen LogP contribution in [0.4, 0.5) is 0 Å². The van der Waals surface area contributed by atoms with Crippen molar-refractivity contribution in [2.24, 2.45) is 23.1 Å². The number of nitrogens with zero attached hydrogens (tertiary/aromatic N) is 1. The Morgan fingerprint density at radius 3 is 1.83 bits per heavy atom. The molecule has 7 atom stereocenters. The van der Waals surface area contributed by atoms with Gasteiger partial charge in [-0.2, -0.15) is 0 Å². The summed E-state index contributed by atoms with van der Waals surface area (Å²) in [7, 11) is 0. The van der Waals surface area contributed by atoms with Crippen LogP contribution in [-0.4, -0.2) is 147 Å². The molecular formula is C36H52N10O14. The molecule has 0 spiro atoms. The molecule has 60 heavy (non-hydrogen) atoms. The number of nitrogens with one attached hydrogen (secondary N) is 6. The fourth-order valence-electron chi connectivity index (χ4n) is 5.97. The number of carbonyl (C=O) groups is 11. The van der Waals surface area contributed by atoms with E-state index in [2.05, 4.69) is 31.9 Å². The molecule has 0 unspecified atom stereocenters. The number of carboxylic acids is 2. The Hall–Kier alpha value is -6.69. The number of hydrogen-bond acceptors (Lipinski definition) is 13. The molecule has 0 radical (unpaired) electrons.